The normalized spacial score (nSPS) is 18.1. The van der Waals surface area contributed by atoms with Gasteiger partial charge in [-0.2, -0.15) is 5.26 Å². The van der Waals surface area contributed by atoms with E-state index in [9.17, 15) is 5.26 Å². The third-order valence-corrected chi connectivity index (χ3v) is 4.25. The van der Waals surface area contributed by atoms with Crippen LogP contribution >= 0.6 is 12.2 Å². The van der Waals surface area contributed by atoms with E-state index in [1.54, 1.807) is 0 Å². The van der Waals surface area contributed by atoms with Crippen molar-refractivity contribution in [3.05, 3.63) is 21.3 Å². The molecule has 0 unspecified atom stereocenters. The number of nitriles is 1. The molecule has 1 aromatic heterocycles. The van der Waals surface area contributed by atoms with E-state index >= 15 is 0 Å². The summed E-state index contributed by atoms with van der Waals surface area (Å²) in [6.45, 7) is 4.97. The van der Waals surface area contributed by atoms with E-state index < -0.39 is 0 Å². The van der Waals surface area contributed by atoms with Crippen LogP contribution in [0.4, 0.5) is 5.82 Å². The van der Waals surface area contributed by atoms with Gasteiger partial charge in [0.05, 0.1) is 5.56 Å². The lowest BCUT2D eigenvalue weighted by Crippen LogP contribution is -2.46. The number of nitrogens with two attached hydrogens (primary N) is 2. The third kappa shape index (κ3) is 1.67. The summed E-state index contributed by atoms with van der Waals surface area (Å²) in [4.78, 5) is 2.21. The first-order valence-electron chi connectivity index (χ1n) is 5.72. The number of aromatic nitrogens is 1. The minimum absolute atomic E-state index is 0.0202. The highest BCUT2D eigenvalue weighted by Gasteiger charge is 2.33. The number of hydrogen-bond donors (Lipinski definition) is 2. The van der Waals surface area contributed by atoms with Gasteiger partial charge in [0.2, 0.25) is 0 Å². The fourth-order valence-electron chi connectivity index (χ4n) is 2.31. The van der Waals surface area contributed by atoms with Crippen LogP contribution < -0.4 is 11.6 Å². The molecule has 1 aliphatic rings. The molecule has 4 N–H and O–H groups in total. The lowest BCUT2D eigenvalue weighted by atomic mass is 9.84. The smallest absolute Gasteiger partial charge is 0.141 e. The summed E-state index contributed by atoms with van der Waals surface area (Å²) in [5, 5.41) is 9.28. The maximum atomic E-state index is 9.28. The number of rotatable bonds is 0. The number of pyridine rings is 1. The zero-order valence-electron chi connectivity index (χ0n) is 10.8. The molecular formula is C12H17N5S. The second kappa shape index (κ2) is 3.97. The summed E-state index contributed by atoms with van der Waals surface area (Å²) < 4.78 is 1.75. The van der Waals surface area contributed by atoms with Crippen molar-refractivity contribution in [3.8, 4) is 6.07 Å². The van der Waals surface area contributed by atoms with Gasteiger partial charge in [-0.1, -0.05) is 12.2 Å². The Balaban J connectivity index is 2.79. The Morgan fingerprint density at radius 2 is 2.00 bits per heavy atom. The highest BCUT2D eigenvalue weighted by molar-refractivity contribution is 7.71. The fraction of sp³-hybridized carbons (Fsp3) is 0.500. The van der Waals surface area contributed by atoms with Gasteiger partial charge in [-0.05, 0) is 32.9 Å². The summed E-state index contributed by atoms with van der Waals surface area (Å²) in [7, 11) is 2.04. The number of anilines is 1. The number of likely N-dealkylation sites (N-methyl/N-ethyl adjacent to an activating group) is 1. The Morgan fingerprint density at radius 3 is 2.56 bits per heavy atom. The summed E-state index contributed by atoms with van der Waals surface area (Å²) >= 11 is 5.32. The second-order valence-electron chi connectivity index (χ2n) is 5.35. The maximum Gasteiger partial charge on any atom is 0.141 e. The molecule has 0 atom stereocenters. The molecule has 2 rings (SSSR count). The van der Waals surface area contributed by atoms with Crippen LogP contribution in [0.15, 0.2) is 0 Å². The van der Waals surface area contributed by atoms with Gasteiger partial charge in [-0.3, -0.25) is 4.90 Å². The van der Waals surface area contributed by atoms with Crippen LogP contribution in [0, 0.1) is 16.0 Å². The van der Waals surface area contributed by atoms with Crippen molar-refractivity contribution >= 4 is 18.0 Å². The van der Waals surface area contributed by atoms with Crippen molar-refractivity contribution in [2.75, 3.05) is 18.6 Å². The summed E-state index contributed by atoms with van der Waals surface area (Å²) in [6, 6.07) is 2.15. The minimum atomic E-state index is -0.0202. The van der Waals surface area contributed by atoms with Gasteiger partial charge in [-0.15, -0.1) is 0 Å². The van der Waals surface area contributed by atoms with Crippen molar-refractivity contribution in [3.63, 3.8) is 0 Å². The lowest BCUT2D eigenvalue weighted by Gasteiger charge is -2.41. The molecule has 0 saturated carbocycles. The van der Waals surface area contributed by atoms with E-state index in [0.29, 0.717) is 16.7 Å². The predicted octanol–water partition coefficient (Wildman–Crippen LogP) is 1.15. The van der Waals surface area contributed by atoms with Crippen molar-refractivity contribution in [1.82, 2.24) is 9.58 Å². The van der Waals surface area contributed by atoms with Gasteiger partial charge in [0, 0.05) is 17.6 Å². The van der Waals surface area contributed by atoms with Crippen LogP contribution in [0.25, 0.3) is 0 Å². The van der Waals surface area contributed by atoms with E-state index in [1.807, 2.05) is 7.05 Å². The van der Waals surface area contributed by atoms with Crippen molar-refractivity contribution < 1.29 is 0 Å². The number of nitrogen functional groups attached to an aromatic ring is 2. The molecular weight excluding hydrogens is 246 g/mol. The van der Waals surface area contributed by atoms with Crippen LogP contribution in [0.3, 0.4) is 0 Å². The molecule has 1 aromatic rings. The van der Waals surface area contributed by atoms with E-state index in [-0.39, 0.29) is 11.4 Å². The average molecular weight is 263 g/mol. The number of hydrogen-bond acceptors (Lipinski definition) is 5. The average Bonchev–Trinajstić information content (AvgIpc) is 2.30. The number of fused-ring (bicyclic) bond motifs is 1. The van der Waals surface area contributed by atoms with Gasteiger partial charge < -0.3 is 11.6 Å². The highest BCUT2D eigenvalue weighted by atomic mass is 32.1. The zero-order valence-corrected chi connectivity index (χ0v) is 11.6. The first-order chi connectivity index (χ1) is 8.29. The molecule has 18 heavy (non-hydrogen) atoms. The first kappa shape index (κ1) is 12.9. The van der Waals surface area contributed by atoms with Crippen LogP contribution in [0.5, 0.6) is 0 Å². The minimum Gasteiger partial charge on any atom is -0.383 e. The SMILES string of the molecule is CN1Cc2c(c(C#N)c(N)n(N)c2=S)CC1(C)C. The van der Waals surface area contributed by atoms with E-state index in [4.69, 9.17) is 23.8 Å². The highest BCUT2D eigenvalue weighted by Crippen LogP contribution is 2.33. The van der Waals surface area contributed by atoms with Gasteiger partial charge in [0.15, 0.2) is 0 Å². The van der Waals surface area contributed by atoms with Crippen molar-refractivity contribution in [2.24, 2.45) is 0 Å². The summed E-state index contributed by atoms with van der Waals surface area (Å²) in [6.07, 6.45) is 0.746. The summed E-state index contributed by atoms with van der Waals surface area (Å²) in [5.41, 5.74) is 8.21. The first-order valence-corrected chi connectivity index (χ1v) is 6.13. The Morgan fingerprint density at radius 1 is 1.39 bits per heavy atom. The van der Waals surface area contributed by atoms with Crippen LogP contribution in [-0.2, 0) is 13.0 Å². The number of nitrogens with zero attached hydrogens (tertiary/aromatic N) is 3. The summed E-state index contributed by atoms with van der Waals surface area (Å²) in [5.74, 6) is 6.06. The Labute approximate surface area is 112 Å². The molecule has 0 aromatic carbocycles. The van der Waals surface area contributed by atoms with Crippen molar-refractivity contribution in [2.45, 2.75) is 32.4 Å². The molecule has 1 aliphatic heterocycles. The van der Waals surface area contributed by atoms with E-state index in [2.05, 4.69) is 24.8 Å². The quantitative estimate of drug-likeness (QED) is 0.542. The van der Waals surface area contributed by atoms with Crippen LogP contribution in [-0.4, -0.2) is 22.2 Å². The molecule has 0 bridgehead atoms. The lowest BCUT2D eigenvalue weighted by molar-refractivity contribution is 0.132. The van der Waals surface area contributed by atoms with Gasteiger partial charge in [0.25, 0.3) is 0 Å². The van der Waals surface area contributed by atoms with Gasteiger partial charge >= 0.3 is 0 Å². The van der Waals surface area contributed by atoms with E-state index in [0.717, 1.165) is 17.5 Å². The molecule has 0 radical (unpaired) electrons. The molecule has 0 saturated heterocycles. The van der Waals surface area contributed by atoms with E-state index in [1.165, 1.54) is 4.68 Å². The molecule has 2 heterocycles. The molecule has 0 amide bonds. The van der Waals surface area contributed by atoms with Gasteiger partial charge in [-0.25, -0.2) is 4.68 Å². The predicted molar refractivity (Wildman–Crippen MR) is 73.8 cm³/mol. The molecule has 0 spiro atoms. The Bertz CT molecular complexity index is 608. The standard InChI is InChI=1S/C12H17N5S/c1-12(2)4-7-8(5-13)10(14)17(15)11(18)9(7)6-16(12)3/h4,6,14-15H2,1-3H3. The van der Waals surface area contributed by atoms with Gasteiger partial charge in [0.1, 0.15) is 16.5 Å². The molecule has 96 valence electrons. The second-order valence-corrected chi connectivity index (χ2v) is 5.74. The molecule has 5 nitrogen and oxygen atoms in total. The Kier molecular flexibility index (Phi) is 2.84. The monoisotopic (exact) mass is 263 g/mol. The van der Waals surface area contributed by atoms with Crippen molar-refractivity contribution in [1.29, 1.82) is 5.26 Å². The van der Waals surface area contributed by atoms with Crippen LogP contribution in [0.2, 0.25) is 0 Å². The molecule has 0 fully saturated rings. The Hall–Kier alpha value is -1.58. The third-order valence-electron chi connectivity index (χ3n) is 3.81. The fourth-order valence-corrected chi connectivity index (χ4v) is 2.60. The maximum absolute atomic E-state index is 9.28. The van der Waals surface area contributed by atoms with Crippen LogP contribution in [0.1, 0.15) is 30.5 Å². The zero-order chi connectivity index (χ0) is 13.7. The largest absolute Gasteiger partial charge is 0.383 e. The molecule has 6 heteroatoms. The molecule has 0 aliphatic carbocycles. The topological polar surface area (TPSA) is 84.0 Å².